The highest BCUT2D eigenvalue weighted by molar-refractivity contribution is 5.49. The summed E-state index contributed by atoms with van der Waals surface area (Å²) in [6.07, 6.45) is 0. The molecule has 2 aromatic rings. The molecule has 1 atom stereocenters. The number of methoxy groups -OCH3 is 1. The van der Waals surface area contributed by atoms with Gasteiger partial charge in [-0.05, 0) is 49.2 Å². The maximum atomic E-state index is 13.6. The first-order valence-corrected chi connectivity index (χ1v) is 7.21. The zero-order valence-electron chi connectivity index (χ0n) is 13.0. The standard InChI is InChI=1S/C18H22FNO/c1-5-20-17(14-7-6-8-15(19)11-14)16-10-9-12(2)13(3)18(16)21-4/h6-11,17,20H,5H2,1-4H3. The molecule has 0 spiro atoms. The van der Waals surface area contributed by atoms with E-state index in [1.165, 1.54) is 11.6 Å². The topological polar surface area (TPSA) is 21.3 Å². The Morgan fingerprint density at radius 3 is 2.57 bits per heavy atom. The van der Waals surface area contributed by atoms with Crippen LogP contribution in [0.4, 0.5) is 4.39 Å². The Hall–Kier alpha value is -1.87. The van der Waals surface area contributed by atoms with Gasteiger partial charge >= 0.3 is 0 Å². The summed E-state index contributed by atoms with van der Waals surface area (Å²) in [5.74, 6) is 0.642. The monoisotopic (exact) mass is 287 g/mol. The molecule has 1 N–H and O–H groups in total. The fourth-order valence-corrected chi connectivity index (χ4v) is 2.61. The Kier molecular flexibility index (Phi) is 4.97. The third-order valence-electron chi connectivity index (χ3n) is 3.81. The molecule has 0 saturated carbocycles. The van der Waals surface area contributed by atoms with Gasteiger partial charge in [0.05, 0.1) is 13.2 Å². The third-order valence-corrected chi connectivity index (χ3v) is 3.81. The summed E-state index contributed by atoms with van der Waals surface area (Å²) in [5.41, 5.74) is 4.24. The van der Waals surface area contributed by atoms with Crippen molar-refractivity contribution < 1.29 is 9.13 Å². The van der Waals surface area contributed by atoms with Gasteiger partial charge in [-0.3, -0.25) is 0 Å². The molecule has 0 aliphatic heterocycles. The summed E-state index contributed by atoms with van der Waals surface area (Å²) >= 11 is 0. The Morgan fingerprint density at radius 1 is 1.19 bits per heavy atom. The van der Waals surface area contributed by atoms with E-state index in [-0.39, 0.29) is 11.9 Å². The number of hydrogen-bond acceptors (Lipinski definition) is 2. The summed E-state index contributed by atoms with van der Waals surface area (Å²) < 4.78 is 19.2. The zero-order valence-corrected chi connectivity index (χ0v) is 13.0. The van der Waals surface area contributed by atoms with Gasteiger partial charge in [-0.1, -0.05) is 31.2 Å². The van der Waals surface area contributed by atoms with Crippen LogP contribution in [0.5, 0.6) is 5.75 Å². The van der Waals surface area contributed by atoms with Gasteiger partial charge in [0.15, 0.2) is 0 Å². The fourth-order valence-electron chi connectivity index (χ4n) is 2.61. The van der Waals surface area contributed by atoms with Gasteiger partial charge in [-0.2, -0.15) is 0 Å². The smallest absolute Gasteiger partial charge is 0.127 e. The SMILES string of the molecule is CCNC(c1cccc(F)c1)c1ccc(C)c(C)c1OC. The molecule has 0 aliphatic carbocycles. The molecular weight excluding hydrogens is 265 g/mol. The molecule has 0 amide bonds. The summed E-state index contributed by atoms with van der Waals surface area (Å²) in [4.78, 5) is 0. The summed E-state index contributed by atoms with van der Waals surface area (Å²) in [6.45, 7) is 6.94. The van der Waals surface area contributed by atoms with Crippen molar-refractivity contribution in [1.82, 2.24) is 5.32 Å². The van der Waals surface area contributed by atoms with E-state index in [4.69, 9.17) is 4.74 Å². The second kappa shape index (κ2) is 6.72. The van der Waals surface area contributed by atoms with Gasteiger partial charge in [0.1, 0.15) is 11.6 Å². The highest BCUT2D eigenvalue weighted by atomic mass is 19.1. The van der Waals surface area contributed by atoms with Crippen molar-refractivity contribution in [2.24, 2.45) is 0 Å². The maximum Gasteiger partial charge on any atom is 0.127 e. The Morgan fingerprint density at radius 2 is 1.95 bits per heavy atom. The molecule has 0 bridgehead atoms. The first-order valence-electron chi connectivity index (χ1n) is 7.21. The number of aryl methyl sites for hydroxylation is 1. The van der Waals surface area contributed by atoms with Crippen molar-refractivity contribution in [3.05, 3.63) is 64.5 Å². The number of nitrogens with one attached hydrogen (secondary N) is 1. The maximum absolute atomic E-state index is 13.6. The predicted molar refractivity (Wildman–Crippen MR) is 84.4 cm³/mol. The highest BCUT2D eigenvalue weighted by Crippen LogP contribution is 2.34. The molecule has 2 aromatic carbocycles. The minimum Gasteiger partial charge on any atom is -0.496 e. The third kappa shape index (κ3) is 3.24. The lowest BCUT2D eigenvalue weighted by Gasteiger charge is -2.23. The molecule has 0 aromatic heterocycles. The minimum absolute atomic E-state index is 0.0834. The van der Waals surface area contributed by atoms with E-state index in [0.717, 1.165) is 29.0 Å². The van der Waals surface area contributed by atoms with Crippen molar-refractivity contribution in [1.29, 1.82) is 0 Å². The Balaban J connectivity index is 2.55. The number of hydrogen-bond donors (Lipinski definition) is 1. The Labute approximate surface area is 126 Å². The first-order chi connectivity index (χ1) is 10.1. The summed E-state index contributed by atoms with van der Waals surface area (Å²) in [6, 6.07) is 10.8. The van der Waals surface area contributed by atoms with Crippen LogP contribution in [0.25, 0.3) is 0 Å². The average molecular weight is 287 g/mol. The lowest BCUT2D eigenvalue weighted by molar-refractivity contribution is 0.400. The molecule has 0 heterocycles. The van der Waals surface area contributed by atoms with Crippen molar-refractivity contribution in [2.45, 2.75) is 26.8 Å². The molecule has 2 nitrogen and oxygen atoms in total. The van der Waals surface area contributed by atoms with E-state index in [0.29, 0.717) is 0 Å². The predicted octanol–water partition coefficient (Wildman–Crippen LogP) is 4.15. The van der Waals surface area contributed by atoms with Crippen LogP contribution >= 0.6 is 0 Å². The van der Waals surface area contributed by atoms with Crippen LogP contribution < -0.4 is 10.1 Å². The molecule has 2 rings (SSSR count). The van der Waals surface area contributed by atoms with E-state index >= 15 is 0 Å². The fraction of sp³-hybridized carbons (Fsp3) is 0.333. The van der Waals surface area contributed by atoms with Gasteiger partial charge in [0.25, 0.3) is 0 Å². The van der Waals surface area contributed by atoms with Crippen molar-refractivity contribution >= 4 is 0 Å². The lowest BCUT2D eigenvalue weighted by atomic mass is 9.94. The highest BCUT2D eigenvalue weighted by Gasteiger charge is 2.19. The van der Waals surface area contributed by atoms with Crippen LogP contribution in [0.3, 0.4) is 0 Å². The molecule has 21 heavy (non-hydrogen) atoms. The van der Waals surface area contributed by atoms with Crippen LogP contribution in [-0.4, -0.2) is 13.7 Å². The average Bonchev–Trinajstić information content (AvgIpc) is 2.48. The van der Waals surface area contributed by atoms with Crippen LogP contribution in [0.15, 0.2) is 36.4 Å². The summed E-state index contributed by atoms with van der Waals surface area (Å²) in [5, 5.41) is 3.42. The van der Waals surface area contributed by atoms with Crippen LogP contribution in [0, 0.1) is 19.7 Å². The largest absolute Gasteiger partial charge is 0.496 e. The molecule has 0 fully saturated rings. The van der Waals surface area contributed by atoms with Crippen molar-refractivity contribution in [3.8, 4) is 5.75 Å². The molecule has 0 saturated heterocycles. The van der Waals surface area contributed by atoms with E-state index in [2.05, 4.69) is 24.4 Å². The summed E-state index contributed by atoms with van der Waals surface area (Å²) in [7, 11) is 1.68. The molecule has 1 unspecified atom stereocenters. The van der Waals surface area contributed by atoms with E-state index < -0.39 is 0 Å². The molecule has 112 valence electrons. The number of ether oxygens (including phenoxy) is 1. The zero-order chi connectivity index (χ0) is 15.4. The second-order valence-corrected chi connectivity index (χ2v) is 5.18. The van der Waals surface area contributed by atoms with Gasteiger partial charge in [-0.25, -0.2) is 4.39 Å². The quantitative estimate of drug-likeness (QED) is 0.892. The van der Waals surface area contributed by atoms with Crippen molar-refractivity contribution in [3.63, 3.8) is 0 Å². The number of rotatable bonds is 5. The van der Waals surface area contributed by atoms with E-state index in [9.17, 15) is 4.39 Å². The molecule has 0 aliphatic rings. The number of benzene rings is 2. The van der Waals surface area contributed by atoms with E-state index in [1.54, 1.807) is 19.2 Å². The Bertz CT molecular complexity index is 625. The second-order valence-electron chi connectivity index (χ2n) is 5.18. The molecule has 0 radical (unpaired) electrons. The van der Waals surface area contributed by atoms with Gasteiger partial charge in [0, 0.05) is 5.56 Å². The van der Waals surface area contributed by atoms with Gasteiger partial charge in [0.2, 0.25) is 0 Å². The lowest BCUT2D eigenvalue weighted by Crippen LogP contribution is -2.23. The molecule has 3 heteroatoms. The number of halogens is 1. The van der Waals surface area contributed by atoms with Crippen LogP contribution in [0.1, 0.15) is 35.2 Å². The normalized spacial score (nSPS) is 12.2. The van der Waals surface area contributed by atoms with Crippen LogP contribution in [-0.2, 0) is 0 Å². The first kappa shape index (κ1) is 15.5. The minimum atomic E-state index is -0.224. The van der Waals surface area contributed by atoms with Crippen LogP contribution in [0.2, 0.25) is 0 Å². The van der Waals surface area contributed by atoms with E-state index in [1.807, 2.05) is 19.9 Å². The van der Waals surface area contributed by atoms with Gasteiger partial charge in [-0.15, -0.1) is 0 Å². The van der Waals surface area contributed by atoms with Crippen molar-refractivity contribution in [2.75, 3.05) is 13.7 Å². The van der Waals surface area contributed by atoms with Gasteiger partial charge < -0.3 is 10.1 Å². The molecular formula is C18H22FNO.